The molecule has 1 aromatic heterocycles. The molecule has 0 unspecified atom stereocenters. The van der Waals surface area contributed by atoms with E-state index in [9.17, 15) is 24.0 Å². The van der Waals surface area contributed by atoms with Crippen molar-refractivity contribution in [2.75, 3.05) is 0 Å². The molecule has 0 amide bonds. The molecular formula is C41H38O10. The van der Waals surface area contributed by atoms with Gasteiger partial charge in [-0.05, 0) is 73.2 Å². The number of para-hydroxylation sites is 1. The molecule has 0 aliphatic rings. The van der Waals surface area contributed by atoms with Crippen molar-refractivity contribution in [3.05, 3.63) is 131 Å². The van der Waals surface area contributed by atoms with Gasteiger partial charge in [-0.3, -0.25) is 24.0 Å². The van der Waals surface area contributed by atoms with Gasteiger partial charge in [0.25, 0.3) is 0 Å². The summed E-state index contributed by atoms with van der Waals surface area (Å²) in [5, 5.41) is 0.250. The van der Waals surface area contributed by atoms with Gasteiger partial charge in [0, 0.05) is 31.2 Å². The average molecular weight is 691 g/mol. The first-order valence-corrected chi connectivity index (χ1v) is 16.8. The topological polar surface area (TPSA) is 135 Å². The predicted octanol–water partition coefficient (Wildman–Crippen LogP) is 7.88. The third kappa shape index (κ3) is 11.3. The minimum atomic E-state index is -0.647. The average Bonchev–Trinajstić information content (AvgIpc) is 3.15. The van der Waals surface area contributed by atoms with Gasteiger partial charge in [0.05, 0.1) is 5.39 Å². The van der Waals surface area contributed by atoms with Crippen molar-refractivity contribution in [2.24, 2.45) is 0 Å². The molecule has 0 aliphatic carbocycles. The van der Waals surface area contributed by atoms with E-state index in [2.05, 4.69) is 0 Å². The monoisotopic (exact) mass is 690 g/mol. The van der Waals surface area contributed by atoms with Gasteiger partial charge in [-0.25, -0.2) is 0 Å². The van der Waals surface area contributed by atoms with Gasteiger partial charge < -0.3 is 23.4 Å². The molecule has 5 aromatic rings. The lowest BCUT2D eigenvalue weighted by atomic mass is 10.1. The number of carbonyl (C=O) groups is 4. The Morgan fingerprint density at radius 3 is 1.53 bits per heavy atom. The number of ether oxygens (including phenoxy) is 4. The molecule has 10 nitrogen and oxygen atoms in total. The van der Waals surface area contributed by atoms with Gasteiger partial charge >= 0.3 is 23.9 Å². The fourth-order valence-electron chi connectivity index (χ4n) is 5.13. The summed E-state index contributed by atoms with van der Waals surface area (Å²) in [5.41, 5.74) is 2.02. The Balaban J connectivity index is 1.12. The zero-order chi connectivity index (χ0) is 35.8. The minimum Gasteiger partial charge on any atom is -0.461 e. The van der Waals surface area contributed by atoms with Crippen LogP contribution in [-0.2, 0) is 41.9 Å². The lowest BCUT2D eigenvalue weighted by Gasteiger charge is -2.11. The highest BCUT2D eigenvalue weighted by Crippen LogP contribution is 2.32. The SMILES string of the molecule is O=C(CCCCC(=O)Oc1ccc(-c2oc3ccccc3c(=O)c2OC(=O)CCCCC(=O)OCc2ccccc2)cc1)OCc1ccccc1. The maximum Gasteiger partial charge on any atom is 0.311 e. The van der Waals surface area contributed by atoms with Crippen LogP contribution in [0.15, 0.2) is 118 Å². The van der Waals surface area contributed by atoms with Crippen molar-refractivity contribution >= 4 is 34.8 Å². The minimum absolute atomic E-state index is 0.0264. The first-order valence-electron chi connectivity index (χ1n) is 16.8. The molecule has 0 atom stereocenters. The fraction of sp³-hybridized carbons (Fsp3) is 0.244. The maximum absolute atomic E-state index is 13.5. The van der Waals surface area contributed by atoms with Crippen LogP contribution >= 0.6 is 0 Å². The number of fused-ring (bicyclic) bond motifs is 1. The van der Waals surface area contributed by atoms with Crippen molar-refractivity contribution in [1.82, 2.24) is 0 Å². The van der Waals surface area contributed by atoms with E-state index in [4.69, 9.17) is 23.4 Å². The standard InChI is InChI=1S/C41H38O10/c42-35(47-27-29-13-3-1-4-14-29)19-9-11-21-37(44)49-32-25-23-31(24-26-32)40-41(39(46)33-17-7-8-18-34(33)50-40)51-38(45)22-12-10-20-36(43)48-28-30-15-5-2-6-16-30/h1-8,13-18,23-26H,9-12,19-22,27-28H2. The van der Waals surface area contributed by atoms with Crippen molar-refractivity contribution in [3.63, 3.8) is 0 Å². The summed E-state index contributed by atoms with van der Waals surface area (Å²) in [7, 11) is 0. The number of unbranched alkanes of at least 4 members (excludes halogenated alkanes) is 2. The van der Waals surface area contributed by atoms with Crippen LogP contribution in [0.25, 0.3) is 22.3 Å². The van der Waals surface area contributed by atoms with Gasteiger partial charge in [-0.2, -0.15) is 0 Å². The summed E-state index contributed by atoms with van der Waals surface area (Å²) in [5.74, 6) is -1.74. The van der Waals surface area contributed by atoms with E-state index >= 15 is 0 Å². The Morgan fingerprint density at radius 2 is 0.980 bits per heavy atom. The van der Waals surface area contributed by atoms with Crippen molar-refractivity contribution in [3.8, 4) is 22.8 Å². The van der Waals surface area contributed by atoms with E-state index in [1.54, 1.807) is 48.5 Å². The summed E-state index contributed by atoms with van der Waals surface area (Å²) in [6.07, 6.45) is 2.11. The Hall–Kier alpha value is -6.03. The van der Waals surface area contributed by atoms with Crippen LogP contribution in [0.5, 0.6) is 11.5 Å². The van der Waals surface area contributed by atoms with Gasteiger partial charge in [0.2, 0.25) is 11.2 Å². The first kappa shape index (κ1) is 36.3. The fourth-order valence-corrected chi connectivity index (χ4v) is 5.13. The number of benzene rings is 4. The van der Waals surface area contributed by atoms with Crippen LogP contribution in [0.2, 0.25) is 0 Å². The van der Waals surface area contributed by atoms with Gasteiger partial charge in [0.15, 0.2) is 5.76 Å². The number of rotatable bonds is 17. The highest BCUT2D eigenvalue weighted by molar-refractivity contribution is 5.84. The second-order valence-electron chi connectivity index (χ2n) is 11.8. The van der Waals surface area contributed by atoms with E-state index in [-0.39, 0.29) is 73.5 Å². The lowest BCUT2D eigenvalue weighted by molar-refractivity contribution is -0.146. The second-order valence-corrected chi connectivity index (χ2v) is 11.8. The van der Waals surface area contributed by atoms with E-state index in [1.165, 1.54) is 0 Å². The van der Waals surface area contributed by atoms with Crippen LogP contribution in [0, 0.1) is 0 Å². The number of esters is 4. The Kier molecular flexibility index (Phi) is 13.3. The summed E-state index contributed by atoms with van der Waals surface area (Å²) < 4.78 is 27.6. The van der Waals surface area contributed by atoms with Crippen molar-refractivity contribution in [2.45, 2.75) is 64.6 Å². The Morgan fingerprint density at radius 1 is 0.510 bits per heavy atom. The van der Waals surface area contributed by atoms with E-state index in [0.29, 0.717) is 36.8 Å². The number of hydrogen-bond acceptors (Lipinski definition) is 10. The number of carbonyl (C=O) groups excluding carboxylic acids is 4. The summed E-state index contributed by atoms with van der Waals surface area (Å²) in [6.45, 7) is 0.390. The van der Waals surface area contributed by atoms with Crippen LogP contribution in [0.3, 0.4) is 0 Å². The van der Waals surface area contributed by atoms with Crippen molar-refractivity contribution < 1.29 is 42.5 Å². The Labute approximate surface area is 294 Å². The van der Waals surface area contributed by atoms with Gasteiger partial charge in [-0.15, -0.1) is 0 Å². The molecule has 1 heterocycles. The second kappa shape index (κ2) is 18.7. The highest BCUT2D eigenvalue weighted by atomic mass is 16.5. The summed E-state index contributed by atoms with van der Waals surface area (Å²) >= 11 is 0. The molecule has 0 radical (unpaired) electrons. The summed E-state index contributed by atoms with van der Waals surface area (Å²) in [6, 6.07) is 31.7. The largest absolute Gasteiger partial charge is 0.461 e. The smallest absolute Gasteiger partial charge is 0.311 e. The maximum atomic E-state index is 13.5. The zero-order valence-corrected chi connectivity index (χ0v) is 28.0. The molecule has 0 N–H and O–H groups in total. The molecule has 4 aromatic carbocycles. The van der Waals surface area contributed by atoms with Gasteiger partial charge in [-0.1, -0.05) is 72.8 Å². The molecule has 51 heavy (non-hydrogen) atoms. The predicted molar refractivity (Wildman–Crippen MR) is 189 cm³/mol. The third-order valence-corrected chi connectivity index (χ3v) is 7.83. The molecule has 0 fully saturated rings. The van der Waals surface area contributed by atoms with Crippen LogP contribution in [-0.4, -0.2) is 23.9 Å². The van der Waals surface area contributed by atoms with E-state index < -0.39 is 17.4 Å². The molecular weight excluding hydrogens is 652 g/mol. The van der Waals surface area contributed by atoms with Crippen LogP contribution in [0.1, 0.15) is 62.5 Å². The third-order valence-electron chi connectivity index (χ3n) is 7.83. The van der Waals surface area contributed by atoms with E-state index in [1.807, 2.05) is 60.7 Å². The lowest BCUT2D eigenvalue weighted by Crippen LogP contribution is -2.16. The van der Waals surface area contributed by atoms with Crippen LogP contribution in [0.4, 0.5) is 0 Å². The molecule has 0 spiro atoms. The molecule has 0 saturated carbocycles. The van der Waals surface area contributed by atoms with Crippen LogP contribution < -0.4 is 14.9 Å². The molecule has 10 heteroatoms. The zero-order valence-electron chi connectivity index (χ0n) is 28.0. The first-order chi connectivity index (χ1) is 24.9. The molecule has 262 valence electrons. The highest BCUT2D eigenvalue weighted by Gasteiger charge is 2.21. The summed E-state index contributed by atoms with van der Waals surface area (Å²) in [4.78, 5) is 62.9. The molecule has 0 saturated heterocycles. The normalized spacial score (nSPS) is 10.7. The molecule has 0 bridgehead atoms. The van der Waals surface area contributed by atoms with Crippen molar-refractivity contribution in [1.29, 1.82) is 0 Å². The van der Waals surface area contributed by atoms with Gasteiger partial charge in [0.1, 0.15) is 24.5 Å². The van der Waals surface area contributed by atoms with E-state index in [0.717, 1.165) is 11.1 Å². The molecule has 5 rings (SSSR count). The Bertz CT molecular complexity index is 1980. The quantitative estimate of drug-likeness (QED) is 0.0539. The molecule has 0 aliphatic heterocycles. The number of hydrogen-bond donors (Lipinski definition) is 0.